The second-order valence-corrected chi connectivity index (χ2v) is 8.84. The summed E-state index contributed by atoms with van der Waals surface area (Å²) in [5, 5.41) is 11.0. The third-order valence-electron chi connectivity index (χ3n) is 5.61. The molecule has 2 rings (SSSR count). The van der Waals surface area contributed by atoms with Crippen LogP contribution in [0, 0.1) is 15.9 Å². The molecule has 1 aromatic carbocycles. The highest BCUT2D eigenvalue weighted by Gasteiger charge is 2.44. The fourth-order valence-corrected chi connectivity index (χ4v) is 3.80. The van der Waals surface area contributed by atoms with Gasteiger partial charge in [-0.1, -0.05) is 13.0 Å². The first-order valence-corrected chi connectivity index (χ1v) is 10.2. The van der Waals surface area contributed by atoms with Gasteiger partial charge in [0.05, 0.1) is 12.0 Å². The lowest BCUT2D eigenvalue weighted by Crippen LogP contribution is -2.61. The van der Waals surface area contributed by atoms with E-state index in [0.29, 0.717) is 31.7 Å². The van der Waals surface area contributed by atoms with Crippen LogP contribution in [-0.4, -0.2) is 83.5 Å². The standard InChI is InChI=1S/C21H31FN4O5/c1-14(15-7-8-17(26(29)30)16(22)13-15)18(25(20(28)31-6)21(2,3)4)19(27)24-11-9-23(5)10-12-24/h7-8,13-14,18H,9-12H2,1-6H3/t14-,18+/m0/s1. The van der Waals surface area contributed by atoms with Gasteiger partial charge < -0.3 is 14.5 Å². The van der Waals surface area contributed by atoms with Crippen LogP contribution >= 0.6 is 0 Å². The molecule has 0 saturated carbocycles. The number of piperazine rings is 1. The van der Waals surface area contributed by atoms with E-state index in [0.717, 1.165) is 12.1 Å². The van der Waals surface area contributed by atoms with E-state index in [1.54, 1.807) is 32.6 Å². The maximum absolute atomic E-state index is 14.3. The summed E-state index contributed by atoms with van der Waals surface area (Å²) < 4.78 is 19.3. The molecule has 2 atom stereocenters. The van der Waals surface area contributed by atoms with Crippen molar-refractivity contribution < 1.29 is 23.6 Å². The van der Waals surface area contributed by atoms with E-state index in [1.807, 2.05) is 7.05 Å². The predicted octanol–water partition coefficient (Wildman–Crippen LogP) is 2.85. The van der Waals surface area contributed by atoms with E-state index >= 15 is 0 Å². The minimum atomic E-state index is -0.986. The quantitative estimate of drug-likeness (QED) is 0.518. The highest BCUT2D eigenvalue weighted by atomic mass is 19.1. The van der Waals surface area contributed by atoms with Crippen LogP contribution in [0.15, 0.2) is 18.2 Å². The second-order valence-electron chi connectivity index (χ2n) is 8.84. The minimum Gasteiger partial charge on any atom is -0.453 e. The molecule has 2 amide bonds. The van der Waals surface area contributed by atoms with E-state index in [1.165, 1.54) is 18.1 Å². The minimum absolute atomic E-state index is 0.264. The fourth-order valence-electron chi connectivity index (χ4n) is 3.80. The summed E-state index contributed by atoms with van der Waals surface area (Å²) >= 11 is 0. The van der Waals surface area contributed by atoms with Crippen LogP contribution in [0.25, 0.3) is 0 Å². The summed E-state index contributed by atoms with van der Waals surface area (Å²) in [4.78, 5) is 41.7. The number of nitro groups is 1. The molecule has 0 N–H and O–H groups in total. The van der Waals surface area contributed by atoms with Crippen molar-refractivity contribution in [1.82, 2.24) is 14.7 Å². The molecule has 0 bridgehead atoms. The Bertz CT molecular complexity index is 834. The smallest absolute Gasteiger partial charge is 0.410 e. The molecule has 0 radical (unpaired) electrons. The molecule has 1 aliphatic heterocycles. The van der Waals surface area contributed by atoms with E-state index in [4.69, 9.17) is 4.74 Å². The number of ether oxygens (including phenoxy) is 1. The Labute approximate surface area is 181 Å². The average Bonchev–Trinajstić information content (AvgIpc) is 2.69. The van der Waals surface area contributed by atoms with Gasteiger partial charge in [-0.15, -0.1) is 0 Å². The number of methoxy groups -OCH3 is 1. The number of halogens is 1. The van der Waals surface area contributed by atoms with Gasteiger partial charge in [0.25, 0.3) is 0 Å². The first kappa shape index (κ1) is 24.5. The number of hydrogen-bond acceptors (Lipinski definition) is 6. The Balaban J connectivity index is 2.52. The van der Waals surface area contributed by atoms with Crippen LogP contribution in [0.5, 0.6) is 0 Å². The van der Waals surface area contributed by atoms with Crippen LogP contribution in [-0.2, 0) is 9.53 Å². The molecule has 0 unspecified atom stereocenters. The third kappa shape index (κ3) is 5.49. The Kier molecular flexibility index (Phi) is 7.58. The van der Waals surface area contributed by atoms with Crippen LogP contribution < -0.4 is 0 Å². The van der Waals surface area contributed by atoms with Gasteiger partial charge in [0.15, 0.2) is 0 Å². The lowest BCUT2D eigenvalue weighted by atomic mass is 9.88. The average molecular weight is 439 g/mol. The maximum atomic E-state index is 14.3. The number of likely N-dealkylation sites (N-methyl/N-ethyl adjacent to an activating group) is 1. The maximum Gasteiger partial charge on any atom is 0.410 e. The lowest BCUT2D eigenvalue weighted by Gasteiger charge is -2.45. The first-order valence-electron chi connectivity index (χ1n) is 10.2. The number of nitrogens with zero attached hydrogens (tertiary/aromatic N) is 4. The van der Waals surface area contributed by atoms with E-state index < -0.39 is 40.0 Å². The Hall–Kier alpha value is -2.75. The van der Waals surface area contributed by atoms with Gasteiger partial charge in [-0.2, -0.15) is 4.39 Å². The van der Waals surface area contributed by atoms with Crippen molar-refractivity contribution in [3.63, 3.8) is 0 Å². The predicted molar refractivity (Wildman–Crippen MR) is 113 cm³/mol. The molecular weight excluding hydrogens is 407 g/mol. The van der Waals surface area contributed by atoms with Gasteiger partial charge in [-0.25, -0.2) is 4.79 Å². The molecule has 172 valence electrons. The van der Waals surface area contributed by atoms with Crippen molar-refractivity contribution in [3.8, 4) is 0 Å². The molecule has 1 fully saturated rings. The highest BCUT2D eigenvalue weighted by molar-refractivity contribution is 5.87. The summed E-state index contributed by atoms with van der Waals surface area (Å²) in [6.45, 7) is 9.49. The molecule has 0 aliphatic carbocycles. The molecule has 1 saturated heterocycles. The first-order chi connectivity index (χ1) is 14.4. The highest BCUT2D eigenvalue weighted by Crippen LogP contribution is 2.32. The number of benzene rings is 1. The number of carbonyl (C=O) groups excluding carboxylic acids is 2. The summed E-state index contributed by atoms with van der Waals surface area (Å²) in [6.07, 6.45) is -0.672. The topological polar surface area (TPSA) is 96.2 Å². The van der Waals surface area contributed by atoms with Gasteiger partial charge in [0.1, 0.15) is 6.04 Å². The molecule has 1 aromatic rings. The molecular formula is C21H31FN4O5. The van der Waals surface area contributed by atoms with E-state index in [2.05, 4.69) is 4.90 Å². The number of hydrogen-bond donors (Lipinski definition) is 0. The summed E-state index contributed by atoms with van der Waals surface area (Å²) in [6, 6.07) is 2.59. The van der Waals surface area contributed by atoms with E-state index in [9.17, 15) is 24.1 Å². The van der Waals surface area contributed by atoms with Crippen LogP contribution in [0.1, 0.15) is 39.2 Å². The normalized spacial score (nSPS) is 17.1. The van der Waals surface area contributed by atoms with Crippen molar-refractivity contribution in [2.45, 2.75) is 45.2 Å². The van der Waals surface area contributed by atoms with Crippen molar-refractivity contribution in [2.24, 2.45) is 0 Å². The number of amides is 2. The summed E-state index contributed by atoms with van der Waals surface area (Å²) in [7, 11) is 3.21. The van der Waals surface area contributed by atoms with Crippen LogP contribution in [0.2, 0.25) is 0 Å². The molecule has 9 nitrogen and oxygen atoms in total. The Morgan fingerprint density at radius 3 is 2.26 bits per heavy atom. The van der Waals surface area contributed by atoms with Crippen molar-refractivity contribution >= 4 is 17.7 Å². The van der Waals surface area contributed by atoms with Crippen molar-refractivity contribution in [1.29, 1.82) is 0 Å². The zero-order valence-electron chi connectivity index (χ0n) is 18.9. The molecule has 0 spiro atoms. The lowest BCUT2D eigenvalue weighted by molar-refractivity contribution is -0.387. The van der Waals surface area contributed by atoms with Crippen LogP contribution in [0.3, 0.4) is 0 Å². The third-order valence-corrected chi connectivity index (χ3v) is 5.61. The monoisotopic (exact) mass is 438 g/mol. The Morgan fingerprint density at radius 1 is 1.23 bits per heavy atom. The number of carbonyl (C=O) groups is 2. The number of rotatable bonds is 5. The van der Waals surface area contributed by atoms with Gasteiger partial charge >= 0.3 is 11.8 Å². The van der Waals surface area contributed by atoms with Crippen molar-refractivity contribution in [2.75, 3.05) is 40.3 Å². The summed E-state index contributed by atoms with van der Waals surface area (Å²) in [5.41, 5.74) is -1.03. The fraction of sp³-hybridized carbons (Fsp3) is 0.619. The molecule has 31 heavy (non-hydrogen) atoms. The number of nitro benzene ring substituents is 1. The van der Waals surface area contributed by atoms with Gasteiger partial charge in [-0.3, -0.25) is 19.8 Å². The van der Waals surface area contributed by atoms with Crippen LogP contribution in [0.4, 0.5) is 14.9 Å². The van der Waals surface area contributed by atoms with Crippen molar-refractivity contribution in [3.05, 3.63) is 39.7 Å². The Morgan fingerprint density at radius 2 is 1.81 bits per heavy atom. The zero-order valence-corrected chi connectivity index (χ0v) is 18.9. The molecule has 1 heterocycles. The second kappa shape index (κ2) is 9.59. The molecule has 10 heteroatoms. The SMILES string of the molecule is COC(=O)N([C@@H](C(=O)N1CCN(C)CC1)[C@@H](C)c1ccc([N+](=O)[O-])c(F)c1)C(C)(C)C. The van der Waals surface area contributed by atoms with Gasteiger partial charge in [0, 0.05) is 43.7 Å². The van der Waals surface area contributed by atoms with Gasteiger partial charge in [0.2, 0.25) is 11.7 Å². The van der Waals surface area contributed by atoms with Gasteiger partial charge in [-0.05, 0) is 39.4 Å². The molecule has 0 aromatic heterocycles. The largest absolute Gasteiger partial charge is 0.453 e. The molecule has 1 aliphatic rings. The summed E-state index contributed by atoms with van der Waals surface area (Å²) in [5.74, 6) is -1.89. The van der Waals surface area contributed by atoms with E-state index in [-0.39, 0.29) is 5.91 Å². The zero-order chi connectivity index (χ0) is 23.5.